The molecule has 4 aromatic rings. The van der Waals surface area contributed by atoms with Gasteiger partial charge < -0.3 is 4.57 Å². The second-order valence-corrected chi connectivity index (χ2v) is 9.26. The van der Waals surface area contributed by atoms with Gasteiger partial charge in [0.2, 0.25) is 0 Å². The molecule has 4 rings (SSSR count). The molecule has 1 aromatic carbocycles. The summed E-state index contributed by atoms with van der Waals surface area (Å²) in [4.78, 5) is 35.7. The van der Waals surface area contributed by atoms with Crippen molar-refractivity contribution in [1.29, 1.82) is 0 Å². The molecule has 0 aliphatic rings. The number of hydrogen-bond acceptors (Lipinski definition) is 6. The van der Waals surface area contributed by atoms with E-state index in [1.807, 2.05) is 25.1 Å². The van der Waals surface area contributed by atoms with Crippen molar-refractivity contribution in [3.63, 3.8) is 0 Å². The Hall–Kier alpha value is -2.55. The van der Waals surface area contributed by atoms with Crippen molar-refractivity contribution in [2.75, 3.05) is 5.32 Å². The van der Waals surface area contributed by atoms with Crippen molar-refractivity contribution < 1.29 is 4.79 Å². The summed E-state index contributed by atoms with van der Waals surface area (Å²) in [5.41, 5.74) is 2.61. The number of carbonyl (C=O) groups excluding carboxylic acids is 1. The number of hydrogen-bond donors (Lipinski definition) is 1. The van der Waals surface area contributed by atoms with Crippen LogP contribution in [0.2, 0.25) is 5.02 Å². The van der Waals surface area contributed by atoms with E-state index in [4.69, 9.17) is 11.6 Å². The minimum atomic E-state index is -0.285. The Morgan fingerprint density at radius 3 is 2.79 bits per heavy atom. The Morgan fingerprint density at radius 1 is 1.24 bits per heavy atom. The summed E-state index contributed by atoms with van der Waals surface area (Å²) in [5.74, 6) is -0.285. The quantitative estimate of drug-likeness (QED) is 0.500. The van der Waals surface area contributed by atoms with Crippen molar-refractivity contribution in [2.45, 2.75) is 20.3 Å². The van der Waals surface area contributed by atoms with Gasteiger partial charge in [-0.1, -0.05) is 23.7 Å². The first-order chi connectivity index (χ1) is 13.8. The third kappa shape index (κ3) is 3.83. The van der Waals surface area contributed by atoms with Crippen molar-refractivity contribution in [3.05, 3.63) is 72.5 Å². The third-order valence-electron chi connectivity index (χ3n) is 4.61. The molecule has 0 aliphatic heterocycles. The minimum Gasteiger partial charge on any atom is -0.302 e. The molecule has 0 unspecified atom stereocenters. The van der Waals surface area contributed by atoms with E-state index in [1.54, 1.807) is 20.2 Å². The Labute approximate surface area is 179 Å². The van der Waals surface area contributed by atoms with Gasteiger partial charge in [-0.25, -0.2) is 9.97 Å². The molecule has 0 radical (unpaired) electrons. The van der Waals surface area contributed by atoms with E-state index in [0.29, 0.717) is 32.2 Å². The molecule has 3 heterocycles. The summed E-state index contributed by atoms with van der Waals surface area (Å²) in [6.45, 7) is 3.74. The van der Waals surface area contributed by atoms with Gasteiger partial charge in [-0.05, 0) is 36.6 Å². The van der Waals surface area contributed by atoms with Gasteiger partial charge in [0.05, 0.1) is 16.6 Å². The molecule has 148 valence electrons. The number of benzene rings is 1. The first-order valence-corrected chi connectivity index (χ1v) is 10.8. The number of nitrogens with zero attached hydrogens (tertiary/aromatic N) is 3. The van der Waals surface area contributed by atoms with E-state index in [2.05, 4.69) is 15.3 Å². The predicted molar refractivity (Wildman–Crippen MR) is 119 cm³/mol. The van der Waals surface area contributed by atoms with Crippen LogP contribution in [0.25, 0.3) is 10.2 Å². The van der Waals surface area contributed by atoms with E-state index >= 15 is 0 Å². The van der Waals surface area contributed by atoms with Crippen molar-refractivity contribution in [2.24, 2.45) is 7.05 Å². The molecule has 1 N–H and O–H groups in total. The van der Waals surface area contributed by atoms with Crippen molar-refractivity contribution >= 4 is 55.5 Å². The second-order valence-electron chi connectivity index (χ2n) is 6.74. The van der Waals surface area contributed by atoms with Crippen molar-refractivity contribution in [3.8, 4) is 0 Å². The van der Waals surface area contributed by atoms with Crippen LogP contribution in [0.3, 0.4) is 0 Å². The fourth-order valence-electron chi connectivity index (χ4n) is 2.97. The molecule has 0 aliphatic carbocycles. The Kier molecular flexibility index (Phi) is 5.24. The highest BCUT2D eigenvalue weighted by atomic mass is 35.5. The van der Waals surface area contributed by atoms with E-state index in [0.717, 1.165) is 21.0 Å². The fourth-order valence-corrected chi connectivity index (χ4v) is 5.05. The summed E-state index contributed by atoms with van der Waals surface area (Å²) in [5, 5.41) is 4.58. The normalized spacial score (nSPS) is 11.2. The van der Waals surface area contributed by atoms with Crippen LogP contribution >= 0.6 is 34.3 Å². The molecule has 0 bridgehead atoms. The number of fused-ring (bicyclic) bond motifs is 1. The third-order valence-corrected chi connectivity index (χ3v) is 7.12. The molecular formula is C20H17ClN4O2S2. The first kappa shape index (κ1) is 19.8. The van der Waals surface area contributed by atoms with Crippen LogP contribution in [-0.4, -0.2) is 20.4 Å². The van der Waals surface area contributed by atoms with Crippen LogP contribution in [0.5, 0.6) is 0 Å². The van der Waals surface area contributed by atoms with Gasteiger partial charge in [0.15, 0.2) is 5.13 Å². The van der Waals surface area contributed by atoms with Gasteiger partial charge in [-0.2, -0.15) is 0 Å². The average Bonchev–Trinajstić information content (AvgIpc) is 3.25. The molecular weight excluding hydrogens is 428 g/mol. The van der Waals surface area contributed by atoms with E-state index < -0.39 is 0 Å². The first-order valence-electron chi connectivity index (χ1n) is 8.79. The lowest BCUT2D eigenvalue weighted by atomic mass is 10.1. The molecule has 0 saturated carbocycles. The maximum absolute atomic E-state index is 12.8. The number of thiophene rings is 1. The van der Waals surface area contributed by atoms with Crippen LogP contribution < -0.4 is 10.9 Å². The Morgan fingerprint density at radius 2 is 2.03 bits per heavy atom. The maximum Gasteiger partial charge on any atom is 0.267 e. The summed E-state index contributed by atoms with van der Waals surface area (Å²) in [6.07, 6.45) is 3.91. The van der Waals surface area contributed by atoms with Crippen LogP contribution in [-0.2, 0) is 13.5 Å². The van der Waals surface area contributed by atoms with Gasteiger partial charge in [0, 0.05) is 29.6 Å². The standard InChI is InChI=1S/C20H17ClN4O2S2/c1-10-4-5-12(7-14(10)21)6-13-8-22-20(28-13)24-17(26)16-11(2)15-18(29-16)23-9-25(3)19(15)27/h4-5,7-9H,6H2,1-3H3,(H,22,24,26). The largest absolute Gasteiger partial charge is 0.302 e. The summed E-state index contributed by atoms with van der Waals surface area (Å²) in [7, 11) is 1.64. The molecule has 0 fully saturated rings. The van der Waals surface area contributed by atoms with Crippen LogP contribution in [0.15, 0.2) is 35.5 Å². The van der Waals surface area contributed by atoms with Crippen LogP contribution in [0.4, 0.5) is 5.13 Å². The molecule has 0 atom stereocenters. The van der Waals surface area contributed by atoms with Crippen LogP contribution in [0.1, 0.15) is 31.2 Å². The number of aryl methyl sites for hydroxylation is 3. The molecule has 3 aromatic heterocycles. The number of amides is 1. The topological polar surface area (TPSA) is 76.9 Å². The SMILES string of the molecule is Cc1ccc(Cc2cnc(NC(=O)c3sc4ncn(C)c(=O)c4c3C)s2)cc1Cl. The number of aromatic nitrogens is 3. The van der Waals surface area contributed by atoms with Gasteiger partial charge in [-0.3, -0.25) is 14.9 Å². The highest BCUT2D eigenvalue weighted by molar-refractivity contribution is 7.21. The number of thiazole rings is 1. The molecule has 0 saturated heterocycles. The zero-order chi connectivity index (χ0) is 20.7. The molecule has 6 nitrogen and oxygen atoms in total. The van der Waals surface area contributed by atoms with Crippen molar-refractivity contribution in [1.82, 2.24) is 14.5 Å². The van der Waals surface area contributed by atoms with Gasteiger partial charge in [-0.15, -0.1) is 22.7 Å². The lowest BCUT2D eigenvalue weighted by Gasteiger charge is -2.02. The predicted octanol–water partition coefficient (Wildman–Crippen LogP) is 4.56. The lowest BCUT2D eigenvalue weighted by Crippen LogP contribution is -2.17. The van der Waals surface area contributed by atoms with Gasteiger partial charge >= 0.3 is 0 Å². The van der Waals surface area contributed by atoms with Gasteiger partial charge in [0.25, 0.3) is 11.5 Å². The monoisotopic (exact) mass is 444 g/mol. The number of rotatable bonds is 4. The smallest absolute Gasteiger partial charge is 0.267 e. The number of carbonyl (C=O) groups is 1. The zero-order valence-corrected chi connectivity index (χ0v) is 18.3. The minimum absolute atomic E-state index is 0.156. The number of anilines is 1. The Balaban J connectivity index is 1.54. The van der Waals surface area contributed by atoms with E-state index in [-0.39, 0.29) is 11.5 Å². The summed E-state index contributed by atoms with van der Waals surface area (Å²) in [6, 6.07) is 5.97. The average molecular weight is 445 g/mol. The number of nitrogens with one attached hydrogen (secondary N) is 1. The Bertz CT molecular complexity index is 1310. The molecule has 0 spiro atoms. The molecule has 9 heteroatoms. The summed E-state index contributed by atoms with van der Waals surface area (Å²) >= 11 is 8.82. The molecule has 1 amide bonds. The highest BCUT2D eigenvalue weighted by Gasteiger charge is 2.20. The highest BCUT2D eigenvalue weighted by Crippen LogP contribution is 2.29. The zero-order valence-electron chi connectivity index (χ0n) is 15.9. The van der Waals surface area contributed by atoms with Gasteiger partial charge in [0.1, 0.15) is 4.83 Å². The van der Waals surface area contributed by atoms with E-state index in [1.165, 1.54) is 33.6 Å². The lowest BCUT2D eigenvalue weighted by molar-refractivity contribution is 0.103. The van der Waals surface area contributed by atoms with Crippen LogP contribution in [0, 0.1) is 13.8 Å². The second kappa shape index (κ2) is 7.70. The fraction of sp³-hybridized carbons (Fsp3) is 0.200. The maximum atomic E-state index is 12.8. The number of halogens is 1. The summed E-state index contributed by atoms with van der Waals surface area (Å²) < 4.78 is 1.41. The van der Waals surface area contributed by atoms with E-state index in [9.17, 15) is 9.59 Å². The molecule has 29 heavy (non-hydrogen) atoms.